The number of carbonyl (C=O) groups excluding carboxylic acids is 1. The maximum Gasteiger partial charge on any atom is 0.252 e. The van der Waals surface area contributed by atoms with Gasteiger partial charge in [0, 0.05) is 17.1 Å². The second kappa shape index (κ2) is 7.59. The second-order valence-electron chi connectivity index (χ2n) is 4.69. The monoisotopic (exact) mass is 366 g/mol. The summed E-state index contributed by atoms with van der Waals surface area (Å²) in [5.41, 5.74) is 7.62. The zero-order chi connectivity index (χ0) is 15.2. The number of amides is 1. The minimum absolute atomic E-state index is 0.0908. The minimum Gasteiger partial charge on any atom is -0.352 e. The zero-order valence-corrected chi connectivity index (χ0v) is 13.7. The minimum atomic E-state index is -0.187. The molecule has 3 nitrogen and oxygen atoms in total. The summed E-state index contributed by atoms with van der Waals surface area (Å²) in [5.74, 6) is -0.187. The lowest BCUT2D eigenvalue weighted by molar-refractivity contribution is 0.0952. The van der Waals surface area contributed by atoms with Crippen molar-refractivity contribution in [2.75, 3.05) is 6.54 Å². The summed E-state index contributed by atoms with van der Waals surface area (Å²) in [4.78, 5) is 12.0. The molecule has 5 heteroatoms. The first kappa shape index (κ1) is 16.0. The number of nitrogens with two attached hydrogens (primary N) is 1. The molecule has 0 saturated heterocycles. The fourth-order valence-electron chi connectivity index (χ4n) is 1.98. The van der Waals surface area contributed by atoms with Crippen LogP contribution < -0.4 is 11.1 Å². The van der Waals surface area contributed by atoms with Crippen LogP contribution >= 0.6 is 27.5 Å². The Labute approximate surface area is 137 Å². The van der Waals surface area contributed by atoms with Crippen molar-refractivity contribution in [3.8, 4) is 0 Å². The number of halogens is 2. The maximum absolute atomic E-state index is 12.0. The van der Waals surface area contributed by atoms with Crippen molar-refractivity contribution in [1.29, 1.82) is 0 Å². The van der Waals surface area contributed by atoms with Gasteiger partial charge in [-0.3, -0.25) is 4.79 Å². The Balaban J connectivity index is 1.87. The largest absolute Gasteiger partial charge is 0.352 e. The van der Waals surface area contributed by atoms with Gasteiger partial charge in [0.1, 0.15) is 0 Å². The van der Waals surface area contributed by atoms with Gasteiger partial charge in [-0.25, -0.2) is 0 Å². The molecule has 0 saturated carbocycles. The van der Waals surface area contributed by atoms with E-state index in [0.717, 1.165) is 10.0 Å². The van der Waals surface area contributed by atoms with Crippen molar-refractivity contribution in [1.82, 2.24) is 5.32 Å². The molecule has 0 spiro atoms. The van der Waals surface area contributed by atoms with Crippen LogP contribution in [0.2, 0.25) is 5.02 Å². The van der Waals surface area contributed by atoms with Crippen LogP contribution in [0.1, 0.15) is 28.4 Å². The molecule has 1 atom stereocenters. The SMILES string of the molecule is NC(CCNC(=O)c1ccc(Br)cc1Cl)c1ccccc1. The number of hydrogen-bond donors (Lipinski definition) is 2. The van der Waals surface area contributed by atoms with Gasteiger partial charge in [-0.2, -0.15) is 0 Å². The molecule has 2 aromatic carbocycles. The van der Waals surface area contributed by atoms with Crippen LogP contribution in [0.3, 0.4) is 0 Å². The van der Waals surface area contributed by atoms with Crippen LogP contribution in [0.25, 0.3) is 0 Å². The molecule has 2 rings (SSSR count). The Morgan fingerprint density at radius 2 is 1.95 bits per heavy atom. The average molecular weight is 368 g/mol. The van der Waals surface area contributed by atoms with E-state index in [2.05, 4.69) is 21.2 Å². The van der Waals surface area contributed by atoms with Gasteiger partial charge in [-0.15, -0.1) is 0 Å². The first-order valence-electron chi connectivity index (χ1n) is 6.61. The molecule has 110 valence electrons. The van der Waals surface area contributed by atoms with Gasteiger partial charge >= 0.3 is 0 Å². The highest BCUT2D eigenvalue weighted by Gasteiger charge is 2.11. The van der Waals surface area contributed by atoms with Gasteiger partial charge < -0.3 is 11.1 Å². The predicted molar refractivity (Wildman–Crippen MR) is 89.5 cm³/mol. The summed E-state index contributed by atoms with van der Waals surface area (Å²) in [6.45, 7) is 0.501. The Morgan fingerprint density at radius 3 is 2.62 bits per heavy atom. The molecule has 2 aromatic rings. The summed E-state index contributed by atoms with van der Waals surface area (Å²) >= 11 is 9.36. The lowest BCUT2D eigenvalue weighted by Crippen LogP contribution is -2.27. The number of carbonyl (C=O) groups is 1. The van der Waals surface area contributed by atoms with Crippen molar-refractivity contribution in [3.63, 3.8) is 0 Å². The quantitative estimate of drug-likeness (QED) is 0.841. The van der Waals surface area contributed by atoms with Gasteiger partial charge in [0.25, 0.3) is 5.91 Å². The van der Waals surface area contributed by atoms with E-state index >= 15 is 0 Å². The van der Waals surface area contributed by atoms with Crippen LogP contribution in [-0.4, -0.2) is 12.5 Å². The number of benzene rings is 2. The number of rotatable bonds is 5. The molecule has 1 unspecified atom stereocenters. The van der Waals surface area contributed by atoms with Gasteiger partial charge in [0.2, 0.25) is 0 Å². The highest BCUT2D eigenvalue weighted by Crippen LogP contribution is 2.21. The van der Waals surface area contributed by atoms with E-state index in [9.17, 15) is 4.79 Å². The lowest BCUT2D eigenvalue weighted by atomic mass is 10.1. The fraction of sp³-hybridized carbons (Fsp3) is 0.188. The van der Waals surface area contributed by atoms with E-state index in [1.807, 2.05) is 30.3 Å². The lowest BCUT2D eigenvalue weighted by Gasteiger charge is -2.13. The predicted octanol–water partition coefficient (Wildman–Crippen LogP) is 3.92. The Kier molecular flexibility index (Phi) is 5.79. The van der Waals surface area contributed by atoms with Crippen LogP contribution in [0.5, 0.6) is 0 Å². The van der Waals surface area contributed by atoms with Crippen LogP contribution in [0, 0.1) is 0 Å². The summed E-state index contributed by atoms with van der Waals surface area (Å²) in [7, 11) is 0. The number of hydrogen-bond acceptors (Lipinski definition) is 2. The molecule has 0 fully saturated rings. The van der Waals surface area contributed by atoms with Crippen LogP contribution in [0.4, 0.5) is 0 Å². The molecule has 0 aliphatic rings. The highest BCUT2D eigenvalue weighted by atomic mass is 79.9. The first-order chi connectivity index (χ1) is 10.1. The normalized spacial score (nSPS) is 12.0. The molecular weight excluding hydrogens is 352 g/mol. The van der Waals surface area contributed by atoms with E-state index in [-0.39, 0.29) is 11.9 Å². The maximum atomic E-state index is 12.0. The Bertz CT molecular complexity index is 619. The van der Waals surface area contributed by atoms with E-state index in [4.69, 9.17) is 17.3 Å². The zero-order valence-electron chi connectivity index (χ0n) is 11.4. The molecule has 0 radical (unpaired) electrons. The van der Waals surface area contributed by atoms with E-state index in [1.54, 1.807) is 18.2 Å². The molecular formula is C16H16BrClN2O. The van der Waals surface area contributed by atoms with Gasteiger partial charge in [-0.05, 0) is 30.2 Å². The van der Waals surface area contributed by atoms with Crippen molar-refractivity contribution in [2.45, 2.75) is 12.5 Å². The van der Waals surface area contributed by atoms with E-state index < -0.39 is 0 Å². The van der Waals surface area contributed by atoms with Gasteiger partial charge in [-0.1, -0.05) is 57.9 Å². The average Bonchev–Trinajstić information content (AvgIpc) is 2.47. The van der Waals surface area contributed by atoms with Crippen LogP contribution in [0.15, 0.2) is 53.0 Å². The standard InChI is InChI=1S/C16H16BrClN2O/c17-12-6-7-13(14(18)10-12)16(21)20-9-8-15(19)11-4-2-1-3-5-11/h1-7,10,15H,8-9,19H2,(H,20,21). The molecule has 0 aromatic heterocycles. The topological polar surface area (TPSA) is 55.1 Å². The highest BCUT2D eigenvalue weighted by molar-refractivity contribution is 9.10. The first-order valence-corrected chi connectivity index (χ1v) is 7.79. The fourth-order valence-corrected chi connectivity index (χ4v) is 2.74. The van der Waals surface area contributed by atoms with Crippen molar-refractivity contribution < 1.29 is 4.79 Å². The number of nitrogens with one attached hydrogen (secondary N) is 1. The van der Waals surface area contributed by atoms with Gasteiger partial charge in [0.05, 0.1) is 10.6 Å². The molecule has 3 N–H and O–H groups in total. The summed E-state index contributed by atoms with van der Waals surface area (Å²) in [6, 6.07) is 14.9. The molecule has 1 amide bonds. The third-order valence-electron chi connectivity index (χ3n) is 3.14. The molecule has 0 aliphatic heterocycles. The molecule has 0 aliphatic carbocycles. The summed E-state index contributed by atoms with van der Waals surface area (Å²) in [6.07, 6.45) is 0.671. The summed E-state index contributed by atoms with van der Waals surface area (Å²) < 4.78 is 0.843. The second-order valence-corrected chi connectivity index (χ2v) is 6.01. The van der Waals surface area contributed by atoms with Crippen molar-refractivity contribution in [3.05, 3.63) is 69.2 Å². The van der Waals surface area contributed by atoms with Gasteiger partial charge in [0.15, 0.2) is 0 Å². The Morgan fingerprint density at radius 1 is 1.24 bits per heavy atom. The smallest absolute Gasteiger partial charge is 0.252 e. The van der Waals surface area contributed by atoms with E-state index in [0.29, 0.717) is 23.6 Å². The molecule has 0 bridgehead atoms. The van der Waals surface area contributed by atoms with E-state index in [1.165, 1.54) is 0 Å². The van der Waals surface area contributed by atoms with Crippen molar-refractivity contribution >= 4 is 33.4 Å². The third kappa shape index (κ3) is 4.56. The van der Waals surface area contributed by atoms with Crippen molar-refractivity contribution in [2.24, 2.45) is 5.73 Å². The third-order valence-corrected chi connectivity index (χ3v) is 3.95. The Hall–Kier alpha value is -1.36. The summed E-state index contributed by atoms with van der Waals surface area (Å²) in [5, 5.41) is 3.27. The molecule has 0 heterocycles. The van der Waals surface area contributed by atoms with Crippen LogP contribution in [-0.2, 0) is 0 Å². The molecule has 21 heavy (non-hydrogen) atoms.